The first-order valence-electron chi connectivity index (χ1n) is 6.42. The lowest BCUT2D eigenvalue weighted by Crippen LogP contribution is -2.39. The third-order valence-electron chi connectivity index (χ3n) is 3.30. The molecule has 1 heterocycles. The minimum Gasteiger partial charge on any atom is -0.336 e. The average molecular weight is 364 g/mol. The predicted octanol–water partition coefficient (Wildman–Crippen LogP) is 3.02. The van der Waals surface area contributed by atoms with Crippen molar-refractivity contribution in [2.45, 2.75) is 13.0 Å². The van der Waals surface area contributed by atoms with Gasteiger partial charge in [-0.2, -0.15) is 5.10 Å². The van der Waals surface area contributed by atoms with Crippen LogP contribution in [-0.2, 0) is 0 Å². The number of nitrogens with two attached hydrogens (primary N) is 1. The molecule has 8 heteroatoms. The molecular formula is C14H17Cl3N4O. The van der Waals surface area contributed by atoms with E-state index in [1.165, 1.54) is 0 Å². The van der Waals surface area contributed by atoms with Crippen LogP contribution in [0.2, 0.25) is 10.0 Å². The molecule has 0 bridgehead atoms. The number of carbonyl (C=O) groups is 1. The lowest BCUT2D eigenvalue weighted by atomic mass is 10.2. The Balaban J connectivity index is 0.00000242. The summed E-state index contributed by atoms with van der Waals surface area (Å²) in [5.41, 5.74) is 6.65. The van der Waals surface area contributed by atoms with E-state index in [1.54, 1.807) is 47.1 Å². The molecule has 2 aromatic rings. The zero-order valence-corrected chi connectivity index (χ0v) is 14.5. The highest BCUT2D eigenvalue weighted by Gasteiger charge is 2.19. The van der Waals surface area contributed by atoms with Crippen molar-refractivity contribution < 1.29 is 4.79 Å². The van der Waals surface area contributed by atoms with Crippen molar-refractivity contribution in [3.63, 3.8) is 0 Å². The van der Waals surface area contributed by atoms with Crippen molar-refractivity contribution in [1.29, 1.82) is 0 Å². The summed E-state index contributed by atoms with van der Waals surface area (Å²) in [6.07, 6.45) is 1.70. The molecule has 1 amide bonds. The topological polar surface area (TPSA) is 64.2 Å². The Labute approximate surface area is 145 Å². The number of benzene rings is 1. The van der Waals surface area contributed by atoms with E-state index < -0.39 is 0 Å². The Kier molecular flexibility index (Phi) is 6.68. The van der Waals surface area contributed by atoms with Crippen LogP contribution in [0.3, 0.4) is 0 Å². The molecule has 1 aromatic carbocycles. The lowest BCUT2D eigenvalue weighted by molar-refractivity contribution is 0.0742. The van der Waals surface area contributed by atoms with E-state index >= 15 is 0 Å². The van der Waals surface area contributed by atoms with Gasteiger partial charge in [0, 0.05) is 25.8 Å². The van der Waals surface area contributed by atoms with Gasteiger partial charge in [0.05, 0.1) is 15.7 Å². The van der Waals surface area contributed by atoms with Crippen molar-refractivity contribution in [2.24, 2.45) is 5.73 Å². The standard InChI is InChI=1S/C14H16Cl2N4O.ClH/c1-9(8-17)19(2)14(21)13-5-6-20(18-13)10-3-4-11(15)12(16)7-10;/h3-7,9H,8,17H2,1-2H3;1H. The highest BCUT2D eigenvalue weighted by Crippen LogP contribution is 2.24. The average Bonchev–Trinajstić information content (AvgIpc) is 2.97. The van der Waals surface area contributed by atoms with Crippen molar-refractivity contribution in [3.8, 4) is 5.69 Å². The number of nitrogens with zero attached hydrogens (tertiary/aromatic N) is 3. The zero-order chi connectivity index (χ0) is 15.6. The Morgan fingerprint density at radius 3 is 2.64 bits per heavy atom. The highest BCUT2D eigenvalue weighted by atomic mass is 35.5. The number of halogens is 3. The molecule has 120 valence electrons. The van der Waals surface area contributed by atoms with Crippen LogP contribution in [0.4, 0.5) is 0 Å². The summed E-state index contributed by atoms with van der Waals surface area (Å²) in [4.78, 5) is 13.8. The third-order valence-corrected chi connectivity index (χ3v) is 4.04. The highest BCUT2D eigenvalue weighted by molar-refractivity contribution is 6.42. The number of hydrogen-bond acceptors (Lipinski definition) is 3. The summed E-state index contributed by atoms with van der Waals surface area (Å²) in [5, 5.41) is 5.18. The number of rotatable bonds is 4. The number of amides is 1. The number of aromatic nitrogens is 2. The molecule has 22 heavy (non-hydrogen) atoms. The summed E-state index contributed by atoms with van der Waals surface area (Å²) >= 11 is 11.9. The normalized spacial score (nSPS) is 11.7. The van der Waals surface area contributed by atoms with Crippen molar-refractivity contribution in [2.75, 3.05) is 13.6 Å². The molecule has 0 aliphatic heterocycles. The fraction of sp³-hybridized carbons (Fsp3) is 0.286. The van der Waals surface area contributed by atoms with Crippen LogP contribution >= 0.6 is 35.6 Å². The number of hydrogen-bond donors (Lipinski definition) is 1. The molecule has 2 rings (SSSR count). The summed E-state index contributed by atoms with van der Waals surface area (Å²) in [6, 6.07) is 6.77. The maximum absolute atomic E-state index is 12.3. The molecule has 0 spiro atoms. The predicted molar refractivity (Wildman–Crippen MR) is 91.4 cm³/mol. The molecule has 0 aliphatic rings. The SMILES string of the molecule is CC(CN)N(C)C(=O)c1ccn(-c2ccc(Cl)c(Cl)c2)n1.Cl. The summed E-state index contributed by atoms with van der Waals surface area (Å²) in [5.74, 6) is -0.174. The molecule has 5 nitrogen and oxygen atoms in total. The molecule has 0 saturated heterocycles. The largest absolute Gasteiger partial charge is 0.336 e. The minimum absolute atomic E-state index is 0. The summed E-state index contributed by atoms with van der Waals surface area (Å²) in [6.45, 7) is 2.28. The summed E-state index contributed by atoms with van der Waals surface area (Å²) in [7, 11) is 1.71. The molecule has 1 aromatic heterocycles. The summed E-state index contributed by atoms with van der Waals surface area (Å²) < 4.78 is 1.58. The van der Waals surface area contributed by atoms with Gasteiger partial charge in [-0.15, -0.1) is 12.4 Å². The van der Waals surface area contributed by atoms with Gasteiger partial charge in [-0.1, -0.05) is 23.2 Å². The van der Waals surface area contributed by atoms with Gasteiger partial charge >= 0.3 is 0 Å². The Hall–Kier alpha value is -1.27. The molecule has 1 unspecified atom stereocenters. The number of likely N-dealkylation sites (N-methyl/N-ethyl adjacent to an activating group) is 1. The second-order valence-electron chi connectivity index (χ2n) is 4.74. The van der Waals surface area contributed by atoms with E-state index in [-0.39, 0.29) is 24.4 Å². The van der Waals surface area contributed by atoms with Gasteiger partial charge in [0.1, 0.15) is 0 Å². The second kappa shape index (κ2) is 7.83. The maximum atomic E-state index is 12.3. The first kappa shape index (κ1) is 18.8. The van der Waals surface area contributed by atoms with E-state index in [0.29, 0.717) is 22.3 Å². The van der Waals surface area contributed by atoms with E-state index in [9.17, 15) is 4.79 Å². The van der Waals surface area contributed by atoms with Crippen molar-refractivity contribution in [1.82, 2.24) is 14.7 Å². The molecule has 2 N–H and O–H groups in total. The maximum Gasteiger partial charge on any atom is 0.274 e. The first-order chi connectivity index (χ1) is 9.93. The van der Waals surface area contributed by atoms with Crippen LogP contribution in [0.5, 0.6) is 0 Å². The van der Waals surface area contributed by atoms with Crippen molar-refractivity contribution in [3.05, 3.63) is 46.2 Å². The second-order valence-corrected chi connectivity index (χ2v) is 5.56. The fourth-order valence-electron chi connectivity index (χ4n) is 1.75. The zero-order valence-electron chi connectivity index (χ0n) is 12.2. The van der Waals surface area contributed by atoms with Gasteiger partial charge in [-0.3, -0.25) is 4.79 Å². The van der Waals surface area contributed by atoms with Crippen LogP contribution in [-0.4, -0.2) is 40.2 Å². The molecule has 0 aliphatic carbocycles. The molecule has 1 atom stereocenters. The van der Waals surface area contributed by atoms with E-state index in [0.717, 1.165) is 5.69 Å². The van der Waals surface area contributed by atoms with Crippen LogP contribution in [0.25, 0.3) is 5.69 Å². The van der Waals surface area contributed by atoms with E-state index in [4.69, 9.17) is 28.9 Å². The van der Waals surface area contributed by atoms with E-state index in [1.807, 2.05) is 6.92 Å². The molecule has 0 radical (unpaired) electrons. The van der Waals surface area contributed by atoms with Crippen LogP contribution in [0, 0.1) is 0 Å². The molecule has 0 fully saturated rings. The van der Waals surface area contributed by atoms with Gasteiger partial charge in [0.25, 0.3) is 5.91 Å². The Morgan fingerprint density at radius 2 is 2.05 bits per heavy atom. The van der Waals surface area contributed by atoms with E-state index in [2.05, 4.69) is 5.10 Å². The Morgan fingerprint density at radius 1 is 1.36 bits per heavy atom. The minimum atomic E-state index is -0.174. The Bertz CT molecular complexity index is 659. The fourth-order valence-corrected chi connectivity index (χ4v) is 2.04. The van der Waals surface area contributed by atoms with Gasteiger partial charge in [0.2, 0.25) is 0 Å². The van der Waals surface area contributed by atoms with Crippen LogP contribution in [0.15, 0.2) is 30.5 Å². The number of carbonyl (C=O) groups excluding carboxylic acids is 1. The van der Waals surface area contributed by atoms with Gasteiger partial charge in [-0.25, -0.2) is 4.68 Å². The van der Waals surface area contributed by atoms with Crippen LogP contribution in [0.1, 0.15) is 17.4 Å². The monoisotopic (exact) mass is 362 g/mol. The van der Waals surface area contributed by atoms with Crippen LogP contribution < -0.4 is 5.73 Å². The third kappa shape index (κ3) is 3.93. The van der Waals surface area contributed by atoms with Gasteiger partial charge in [0.15, 0.2) is 5.69 Å². The van der Waals surface area contributed by atoms with Gasteiger partial charge < -0.3 is 10.6 Å². The van der Waals surface area contributed by atoms with Gasteiger partial charge in [-0.05, 0) is 31.2 Å². The lowest BCUT2D eigenvalue weighted by Gasteiger charge is -2.22. The molecular weight excluding hydrogens is 347 g/mol. The van der Waals surface area contributed by atoms with Crippen molar-refractivity contribution >= 4 is 41.5 Å². The quantitative estimate of drug-likeness (QED) is 0.908. The smallest absolute Gasteiger partial charge is 0.274 e. The molecule has 0 saturated carbocycles. The first-order valence-corrected chi connectivity index (χ1v) is 7.18.